The number of alkyl halides is 6. The molecule has 0 aromatic carbocycles. The van der Waals surface area contributed by atoms with Gasteiger partial charge in [0.15, 0.2) is 0 Å². The van der Waals surface area contributed by atoms with Crippen molar-refractivity contribution < 1.29 is 26.3 Å². The van der Waals surface area contributed by atoms with Gasteiger partial charge in [0, 0.05) is 0 Å². The van der Waals surface area contributed by atoms with E-state index >= 15 is 0 Å². The van der Waals surface area contributed by atoms with E-state index < -0.39 is 23.3 Å². The first-order valence-electron chi connectivity index (χ1n) is 2.38. The molecule has 1 unspecified atom stereocenters. The maximum Gasteiger partial charge on any atom is 0.433 e. The molecule has 62 valence electrons. The Morgan fingerprint density at radius 2 is 1.36 bits per heavy atom. The quantitative estimate of drug-likeness (QED) is 0.493. The van der Waals surface area contributed by atoms with E-state index in [9.17, 15) is 26.3 Å². The highest BCUT2D eigenvalue weighted by molar-refractivity contribution is 5.48. The van der Waals surface area contributed by atoms with Crippen LogP contribution in [0.15, 0.2) is 5.57 Å². The molecule has 0 nitrogen and oxygen atoms in total. The molecule has 0 heterocycles. The summed E-state index contributed by atoms with van der Waals surface area (Å²) < 4.78 is 69.7. The average Bonchev–Trinajstić information content (AvgIpc) is 2.14. The van der Waals surface area contributed by atoms with Crippen LogP contribution in [-0.4, -0.2) is 17.8 Å². The predicted octanol–water partition coefficient (Wildman–Crippen LogP) is 2.14. The van der Waals surface area contributed by atoms with Crippen LogP contribution in [0.25, 0.3) is 0 Å². The molecule has 1 atom stereocenters. The van der Waals surface area contributed by atoms with Crippen molar-refractivity contribution in [2.24, 2.45) is 0 Å². The van der Waals surface area contributed by atoms with Crippen LogP contribution in [-0.2, 0) is 0 Å². The van der Waals surface area contributed by atoms with Crippen molar-refractivity contribution in [3.05, 3.63) is 12.2 Å². The van der Waals surface area contributed by atoms with Gasteiger partial charge in [-0.25, -0.2) is 4.39 Å². The first kappa shape index (κ1) is 8.42. The van der Waals surface area contributed by atoms with Gasteiger partial charge in [0.25, 0.3) is 5.67 Å². The van der Waals surface area contributed by atoms with Gasteiger partial charge in [-0.1, -0.05) is 0 Å². The molecule has 1 rings (SSSR count). The molecule has 0 spiro atoms. The molecular formula is C5F6. The van der Waals surface area contributed by atoms with Gasteiger partial charge in [0.1, 0.15) is 0 Å². The zero-order valence-electron chi connectivity index (χ0n) is 4.77. The third-order valence-corrected chi connectivity index (χ3v) is 1.42. The summed E-state index contributed by atoms with van der Waals surface area (Å²) in [5, 5.41) is 0. The Balaban J connectivity index is 3.01. The Bertz CT molecular complexity index is 214. The summed E-state index contributed by atoms with van der Waals surface area (Å²) in [4.78, 5) is 0. The number of hydrogen-bond acceptors (Lipinski definition) is 0. The van der Waals surface area contributed by atoms with Crippen LogP contribution in [0.2, 0.25) is 0 Å². The Kier molecular flexibility index (Phi) is 1.20. The summed E-state index contributed by atoms with van der Waals surface area (Å²) >= 11 is 0. The second-order valence-corrected chi connectivity index (χ2v) is 2.11. The van der Waals surface area contributed by atoms with E-state index in [4.69, 9.17) is 6.58 Å². The van der Waals surface area contributed by atoms with E-state index in [1.165, 1.54) is 0 Å². The van der Waals surface area contributed by atoms with E-state index in [0.29, 0.717) is 0 Å². The van der Waals surface area contributed by atoms with E-state index in [1.54, 1.807) is 0 Å². The highest BCUT2D eigenvalue weighted by Crippen LogP contribution is 2.67. The number of halogens is 6. The second kappa shape index (κ2) is 1.56. The van der Waals surface area contributed by atoms with Gasteiger partial charge < -0.3 is 0 Å². The minimum atomic E-state index is -5.69. The number of rotatable bonds is 0. The van der Waals surface area contributed by atoms with Crippen LogP contribution < -0.4 is 0 Å². The third kappa shape index (κ3) is 0.669. The number of hydrogen-bond donors (Lipinski definition) is 0. The standard InChI is InChI=1S/C5F6/c1-2-3(6,4(2,7)8)5(9,10)11. The maximum atomic E-state index is 12.1. The summed E-state index contributed by atoms with van der Waals surface area (Å²) in [5.74, 6) is -4.66. The number of allylic oxidation sites excluding steroid dienone is 1. The Morgan fingerprint density at radius 3 is 1.36 bits per heavy atom. The van der Waals surface area contributed by atoms with Crippen molar-refractivity contribution >= 4 is 0 Å². The minimum absolute atomic E-state index is 2.21. The van der Waals surface area contributed by atoms with Gasteiger partial charge in [0.2, 0.25) is 0 Å². The van der Waals surface area contributed by atoms with Crippen molar-refractivity contribution in [3.63, 3.8) is 0 Å². The topological polar surface area (TPSA) is 0 Å². The van der Waals surface area contributed by atoms with Crippen LogP contribution in [0.3, 0.4) is 0 Å². The monoisotopic (exact) mass is 174 g/mol. The molecule has 1 fully saturated rings. The largest absolute Gasteiger partial charge is 0.433 e. The third-order valence-electron chi connectivity index (χ3n) is 1.42. The van der Waals surface area contributed by atoms with E-state index in [1.807, 2.05) is 0 Å². The molecule has 0 saturated heterocycles. The minimum Gasteiger partial charge on any atom is -0.221 e. The summed E-state index contributed by atoms with van der Waals surface area (Å²) in [5.41, 5.74) is -6.92. The van der Waals surface area contributed by atoms with Gasteiger partial charge in [-0.05, 0) is 6.58 Å². The van der Waals surface area contributed by atoms with Gasteiger partial charge in [0.05, 0.1) is 5.57 Å². The Morgan fingerprint density at radius 1 is 1.09 bits per heavy atom. The summed E-state index contributed by atoms with van der Waals surface area (Å²) in [6.45, 7) is 5.98. The van der Waals surface area contributed by atoms with Crippen molar-refractivity contribution in [1.82, 2.24) is 0 Å². The molecule has 0 N–H and O–H groups in total. The Hall–Kier alpha value is -0.680. The lowest BCUT2D eigenvalue weighted by Gasteiger charge is -2.08. The zero-order valence-corrected chi connectivity index (χ0v) is 4.77. The molecule has 11 heavy (non-hydrogen) atoms. The molecular weight excluding hydrogens is 174 g/mol. The summed E-state index contributed by atoms with van der Waals surface area (Å²) in [6, 6.07) is 0. The molecule has 1 aliphatic rings. The van der Waals surface area contributed by atoms with Crippen LogP contribution in [0.4, 0.5) is 26.3 Å². The van der Waals surface area contributed by atoms with E-state index in [2.05, 4.69) is 0 Å². The fourth-order valence-electron chi connectivity index (χ4n) is 0.638. The van der Waals surface area contributed by atoms with Gasteiger partial charge in [-0.15, -0.1) is 0 Å². The van der Waals surface area contributed by atoms with Crippen molar-refractivity contribution in [1.29, 1.82) is 0 Å². The SMILES string of the molecule is [C]=C1C(F)(F)C1(F)C(F)(F)F. The summed E-state index contributed by atoms with van der Waals surface area (Å²) in [6.07, 6.45) is -5.69. The van der Waals surface area contributed by atoms with Crippen molar-refractivity contribution in [3.8, 4) is 0 Å². The smallest absolute Gasteiger partial charge is 0.221 e. The van der Waals surface area contributed by atoms with E-state index in [0.717, 1.165) is 0 Å². The average molecular weight is 174 g/mol. The van der Waals surface area contributed by atoms with Crippen LogP contribution in [0.5, 0.6) is 0 Å². The highest BCUT2D eigenvalue weighted by atomic mass is 19.4. The zero-order chi connectivity index (χ0) is 9.08. The van der Waals surface area contributed by atoms with E-state index in [-0.39, 0.29) is 0 Å². The molecule has 2 radical (unpaired) electrons. The van der Waals surface area contributed by atoms with Gasteiger partial charge in [-0.2, -0.15) is 22.0 Å². The van der Waals surface area contributed by atoms with Crippen LogP contribution in [0, 0.1) is 6.58 Å². The fraction of sp³-hybridized carbons (Fsp3) is 0.600. The first-order valence-corrected chi connectivity index (χ1v) is 2.38. The highest BCUT2D eigenvalue weighted by Gasteiger charge is 2.90. The second-order valence-electron chi connectivity index (χ2n) is 2.11. The molecule has 0 aromatic rings. The first-order chi connectivity index (χ1) is 4.65. The van der Waals surface area contributed by atoms with Gasteiger partial charge in [-0.3, -0.25) is 0 Å². The lowest BCUT2D eigenvalue weighted by molar-refractivity contribution is -0.215. The molecule has 0 aliphatic heterocycles. The van der Waals surface area contributed by atoms with Crippen molar-refractivity contribution in [2.45, 2.75) is 17.8 Å². The molecule has 0 bridgehead atoms. The van der Waals surface area contributed by atoms with Crippen LogP contribution >= 0.6 is 0 Å². The lowest BCUT2D eigenvalue weighted by Crippen LogP contribution is -2.32. The molecule has 0 aromatic heterocycles. The molecule has 1 saturated carbocycles. The fourth-order valence-corrected chi connectivity index (χ4v) is 0.638. The normalized spacial score (nSPS) is 35.6. The van der Waals surface area contributed by atoms with Crippen LogP contribution in [0.1, 0.15) is 0 Å². The Labute approximate surface area is 57.5 Å². The lowest BCUT2D eigenvalue weighted by atomic mass is 10.3. The molecule has 1 aliphatic carbocycles. The summed E-state index contributed by atoms with van der Waals surface area (Å²) in [7, 11) is 0. The van der Waals surface area contributed by atoms with Crippen molar-refractivity contribution in [2.75, 3.05) is 0 Å². The molecule has 6 heteroatoms. The van der Waals surface area contributed by atoms with Gasteiger partial charge >= 0.3 is 12.1 Å². The maximum absolute atomic E-state index is 12.1. The predicted molar refractivity (Wildman–Crippen MR) is 21.6 cm³/mol. The molecule has 0 amide bonds.